The van der Waals surface area contributed by atoms with Crippen LogP contribution in [0.2, 0.25) is 0 Å². The summed E-state index contributed by atoms with van der Waals surface area (Å²) in [6.07, 6.45) is 2.25. The first-order chi connectivity index (χ1) is 14.0. The molecule has 2 aromatic carbocycles. The molecule has 0 bridgehead atoms. The molecular formula is C23H29N3O3. The second kappa shape index (κ2) is 7.95. The van der Waals surface area contributed by atoms with E-state index in [1.807, 2.05) is 43.3 Å². The van der Waals surface area contributed by atoms with Crippen LogP contribution in [-0.2, 0) is 11.0 Å². The standard InChI is InChI=1S/C23H29N3O3/c1-3-24-21(25-14-22(2,27)17-7-5-4-6-8-17)26-15-23(11-12-23)18-9-10-19-20(13-18)29-16-28-19/h4-10,13,27H,3,11-12,14-16H2,1-2H3,(H2,24,25,26). The zero-order chi connectivity index (χ0) is 20.3. The van der Waals surface area contributed by atoms with Gasteiger partial charge in [-0.2, -0.15) is 0 Å². The topological polar surface area (TPSA) is 75.1 Å². The lowest BCUT2D eigenvalue weighted by Crippen LogP contribution is -2.42. The SMILES string of the molecule is CCNC(=NCC(C)(O)c1ccccc1)NCC1(c2ccc3c(c2)OCO3)CC1. The third kappa shape index (κ3) is 4.32. The van der Waals surface area contributed by atoms with Crippen LogP contribution >= 0.6 is 0 Å². The van der Waals surface area contributed by atoms with E-state index in [1.165, 1.54) is 5.56 Å². The van der Waals surface area contributed by atoms with E-state index in [2.05, 4.69) is 27.8 Å². The first-order valence-electron chi connectivity index (χ1n) is 10.2. The normalized spacial score (nSPS) is 18.8. The molecule has 6 nitrogen and oxygen atoms in total. The number of nitrogens with zero attached hydrogens (tertiary/aromatic N) is 1. The Morgan fingerprint density at radius 1 is 1.10 bits per heavy atom. The number of guanidine groups is 1. The predicted molar refractivity (Wildman–Crippen MR) is 113 cm³/mol. The van der Waals surface area contributed by atoms with Gasteiger partial charge in [-0.25, -0.2) is 4.99 Å². The lowest BCUT2D eigenvalue weighted by molar-refractivity contribution is 0.0672. The van der Waals surface area contributed by atoms with E-state index < -0.39 is 5.60 Å². The fraction of sp³-hybridized carbons (Fsp3) is 0.435. The van der Waals surface area contributed by atoms with E-state index in [9.17, 15) is 5.11 Å². The quantitative estimate of drug-likeness (QED) is 0.497. The molecule has 0 aromatic heterocycles. The van der Waals surface area contributed by atoms with Crippen LogP contribution in [0.25, 0.3) is 0 Å². The molecule has 4 rings (SSSR count). The number of aliphatic imine (C=N–C) groups is 1. The number of ether oxygens (including phenoxy) is 2. The summed E-state index contributed by atoms with van der Waals surface area (Å²) in [7, 11) is 0. The van der Waals surface area contributed by atoms with E-state index in [1.54, 1.807) is 6.92 Å². The molecule has 2 aliphatic rings. The van der Waals surface area contributed by atoms with Crippen LogP contribution in [-0.4, -0.2) is 37.5 Å². The second-order valence-electron chi connectivity index (χ2n) is 8.04. The van der Waals surface area contributed by atoms with Crippen molar-refractivity contribution in [2.24, 2.45) is 4.99 Å². The Morgan fingerprint density at radius 2 is 1.86 bits per heavy atom. The smallest absolute Gasteiger partial charge is 0.231 e. The highest BCUT2D eigenvalue weighted by Gasteiger charge is 2.44. The Bertz CT molecular complexity index is 876. The van der Waals surface area contributed by atoms with Crippen molar-refractivity contribution in [3.8, 4) is 11.5 Å². The monoisotopic (exact) mass is 395 g/mol. The van der Waals surface area contributed by atoms with E-state index >= 15 is 0 Å². The molecule has 0 amide bonds. The number of rotatable bonds is 7. The van der Waals surface area contributed by atoms with Crippen molar-refractivity contribution in [3.63, 3.8) is 0 Å². The van der Waals surface area contributed by atoms with Crippen molar-refractivity contribution < 1.29 is 14.6 Å². The number of hydrogen-bond acceptors (Lipinski definition) is 4. The van der Waals surface area contributed by atoms with E-state index in [0.29, 0.717) is 6.79 Å². The molecule has 0 spiro atoms. The van der Waals surface area contributed by atoms with Gasteiger partial charge in [0.25, 0.3) is 0 Å². The summed E-state index contributed by atoms with van der Waals surface area (Å²) in [5.74, 6) is 2.36. The zero-order valence-electron chi connectivity index (χ0n) is 17.1. The number of aliphatic hydroxyl groups is 1. The number of benzene rings is 2. The first kappa shape index (κ1) is 19.6. The van der Waals surface area contributed by atoms with Crippen LogP contribution in [0.15, 0.2) is 53.5 Å². The molecular weight excluding hydrogens is 366 g/mol. The molecule has 0 radical (unpaired) electrons. The molecule has 1 unspecified atom stereocenters. The van der Waals surface area contributed by atoms with Gasteiger partial charge >= 0.3 is 0 Å². The maximum Gasteiger partial charge on any atom is 0.231 e. The van der Waals surface area contributed by atoms with Crippen LogP contribution in [0, 0.1) is 0 Å². The van der Waals surface area contributed by atoms with Crippen molar-refractivity contribution in [1.29, 1.82) is 0 Å². The first-order valence-corrected chi connectivity index (χ1v) is 10.2. The Hall–Kier alpha value is -2.73. The minimum absolute atomic E-state index is 0.0963. The minimum atomic E-state index is -1.02. The van der Waals surface area contributed by atoms with Crippen molar-refractivity contribution in [3.05, 3.63) is 59.7 Å². The van der Waals surface area contributed by atoms with Crippen molar-refractivity contribution >= 4 is 5.96 Å². The molecule has 1 aliphatic carbocycles. The summed E-state index contributed by atoms with van der Waals surface area (Å²) in [6, 6.07) is 15.9. The van der Waals surface area contributed by atoms with Gasteiger partial charge in [-0.15, -0.1) is 0 Å². The van der Waals surface area contributed by atoms with Crippen LogP contribution in [0.1, 0.15) is 37.8 Å². The molecule has 29 heavy (non-hydrogen) atoms. The van der Waals surface area contributed by atoms with Gasteiger partial charge < -0.3 is 25.2 Å². The summed E-state index contributed by atoms with van der Waals surface area (Å²) >= 11 is 0. The molecule has 1 saturated carbocycles. The maximum absolute atomic E-state index is 10.8. The van der Waals surface area contributed by atoms with Crippen LogP contribution in [0.5, 0.6) is 11.5 Å². The van der Waals surface area contributed by atoms with Gasteiger partial charge in [0, 0.05) is 18.5 Å². The average Bonchev–Trinajstić information content (AvgIpc) is 3.38. The fourth-order valence-corrected chi connectivity index (χ4v) is 3.66. The Morgan fingerprint density at radius 3 is 2.59 bits per heavy atom. The fourth-order valence-electron chi connectivity index (χ4n) is 3.66. The zero-order valence-corrected chi connectivity index (χ0v) is 17.1. The van der Waals surface area contributed by atoms with Gasteiger partial charge in [-0.3, -0.25) is 0 Å². The second-order valence-corrected chi connectivity index (χ2v) is 8.04. The molecule has 3 N–H and O–H groups in total. The average molecular weight is 396 g/mol. The lowest BCUT2D eigenvalue weighted by Gasteiger charge is -2.23. The molecule has 154 valence electrons. The van der Waals surface area contributed by atoms with Gasteiger partial charge in [0.05, 0.1) is 6.54 Å². The largest absolute Gasteiger partial charge is 0.454 e. The van der Waals surface area contributed by atoms with Gasteiger partial charge in [0.2, 0.25) is 6.79 Å². The highest BCUT2D eigenvalue weighted by atomic mass is 16.7. The predicted octanol–water partition coefficient (Wildman–Crippen LogP) is 2.91. The third-order valence-electron chi connectivity index (χ3n) is 5.72. The third-order valence-corrected chi connectivity index (χ3v) is 5.72. The number of hydrogen-bond donors (Lipinski definition) is 3. The van der Waals surface area contributed by atoms with Crippen molar-refractivity contribution in [2.75, 3.05) is 26.4 Å². The summed E-state index contributed by atoms with van der Waals surface area (Å²) in [5, 5.41) is 17.6. The van der Waals surface area contributed by atoms with Gasteiger partial charge in [0.15, 0.2) is 17.5 Å². The van der Waals surface area contributed by atoms with E-state index in [0.717, 1.165) is 49.0 Å². The molecule has 0 saturated heterocycles. The van der Waals surface area contributed by atoms with E-state index in [4.69, 9.17) is 9.47 Å². The molecule has 1 heterocycles. The summed E-state index contributed by atoms with van der Waals surface area (Å²) in [4.78, 5) is 4.64. The lowest BCUT2D eigenvalue weighted by atomic mass is 9.95. The van der Waals surface area contributed by atoms with Gasteiger partial charge in [0.1, 0.15) is 5.60 Å². The van der Waals surface area contributed by atoms with E-state index in [-0.39, 0.29) is 12.0 Å². The van der Waals surface area contributed by atoms with Crippen molar-refractivity contribution in [2.45, 2.75) is 37.7 Å². The summed E-state index contributed by atoms with van der Waals surface area (Å²) in [6.45, 7) is 5.95. The minimum Gasteiger partial charge on any atom is -0.454 e. The molecule has 2 aromatic rings. The Labute approximate surface area is 172 Å². The highest BCUT2D eigenvalue weighted by molar-refractivity contribution is 5.80. The molecule has 1 fully saturated rings. The summed E-state index contributed by atoms with van der Waals surface area (Å²) in [5.41, 5.74) is 1.21. The maximum atomic E-state index is 10.8. The number of nitrogens with one attached hydrogen (secondary N) is 2. The van der Waals surface area contributed by atoms with Crippen LogP contribution in [0.3, 0.4) is 0 Å². The number of fused-ring (bicyclic) bond motifs is 1. The van der Waals surface area contributed by atoms with Crippen LogP contribution in [0.4, 0.5) is 0 Å². The Kier molecular flexibility index (Phi) is 5.37. The molecule has 1 aliphatic heterocycles. The van der Waals surface area contributed by atoms with Crippen molar-refractivity contribution in [1.82, 2.24) is 10.6 Å². The van der Waals surface area contributed by atoms with Gasteiger partial charge in [-0.1, -0.05) is 36.4 Å². The Balaban J connectivity index is 1.43. The molecule has 1 atom stereocenters. The highest BCUT2D eigenvalue weighted by Crippen LogP contribution is 2.49. The van der Waals surface area contributed by atoms with Crippen LogP contribution < -0.4 is 20.1 Å². The van der Waals surface area contributed by atoms with Gasteiger partial charge in [-0.05, 0) is 49.9 Å². The summed E-state index contributed by atoms with van der Waals surface area (Å²) < 4.78 is 11.0. The molecule has 6 heteroatoms.